The molecule has 0 aliphatic heterocycles. The quantitative estimate of drug-likeness (QED) is 0.655. The minimum atomic E-state index is -0.335. The van der Waals surface area contributed by atoms with Gasteiger partial charge in [-0.25, -0.2) is 4.79 Å². The van der Waals surface area contributed by atoms with Gasteiger partial charge < -0.3 is 9.15 Å². The highest BCUT2D eigenvalue weighted by Gasteiger charge is 2.23. The lowest BCUT2D eigenvalue weighted by Gasteiger charge is -2.24. The van der Waals surface area contributed by atoms with E-state index in [-0.39, 0.29) is 12.1 Å². The van der Waals surface area contributed by atoms with Gasteiger partial charge in [0.25, 0.3) is 0 Å². The molecule has 0 radical (unpaired) electrons. The standard InChI is InChI=1S/C10H12O3/c1-7-5-6-9(12-7)10(11)13-8-3-2-4-8/h5-6,8H,2-4H2,1H3. The van der Waals surface area contributed by atoms with Gasteiger partial charge >= 0.3 is 5.97 Å². The van der Waals surface area contributed by atoms with Crippen molar-refractivity contribution in [2.24, 2.45) is 0 Å². The third kappa shape index (κ3) is 1.74. The molecule has 3 nitrogen and oxygen atoms in total. The van der Waals surface area contributed by atoms with Crippen LogP contribution in [0.1, 0.15) is 35.6 Å². The van der Waals surface area contributed by atoms with Crippen molar-refractivity contribution in [3.8, 4) is 0 Å². The summed E-state index contributed by atoms with van der Waals surface area (Å²) < 4.78 is 10.3. The summed E-state index contributed by atoms with van der Waals surface area (Å²) in [5, 5.41) is 0. The van der Waals surface area contributed by atoms with E-state index in [2.05, 4.69) is 0 Å². The topological polar surface area (TPSA) is 39.4 Å². The lowest BCUT2D eigenvalue weighted by molar-refractivity contribution is 0.00568. The van der Waals surface area contributed by atoms with Gasteiger partial charge in [-0.2, -0.15) is 0 Å². The van der Waals surface area contributed by atoms with Crippen molar-refractivity contribution < 1.29 is 13.9 Å². The third-order valence-electron chi connectivity index (χ3n) is 2.27. The smallest absolute Gasteiger partial charge is 0.374 e. The Balaban J connectivity index is 1.96. The van der Waals surface area contributed by atoms with Gasteiger partial charge in [0.1, 0.15) is 11.9 Å². The number of rotatable bonds is 2. The van der Waals surface area contributed by atoms with Crippen LogP contribution in [0.25, 0.3) is 0 Å². The number of aryl methyl sites for hydroxylation is 1. The van der Waals surface area contributed by atoms with Crippen LogP contribution < -0.4 is 0 Å². The van der Waals surface area contributed by atoms with Crippen molar-refractivity contribution in [2.45, 2.75) is 32.3 Å². The Morgan fingerprint density at radius 3 is 2.77 bits per heavy atom. The molecule has 0 aromatic carbocycles. The summed E-state index contributed by atoms with van der Waals surface area (Å²) >= 11 is 0. The van der Waals surface area contributed by atoms with Crippen LogP contribution in [0.4, 0.5) is 0 Å². The summed E-state index contributed by atoms with van der Waals surface area (Å²) in [6.45, 7) is 1.81. The molecule has 0 N–H and O–H groups in total. The molecule has 0 saturated heterocycles. The van der Waals surface area contributed by atoms with E-state index in [1.54, 1.807) is 19.1 Å². The molecule has 1 aromatic rings. The number of carbonyl (C=O) groups excluding carboxylic acids is 1. The fourth-order valence-electron chi connectivity index (χ4n) is 1.24. The second-order valence-corrected chi connectivity index (χ2v) is 3.37. The van der Waals surface area contributed by atoms with E-state index in [1.165, 1.54) is 0 Å². The average molecular weight is 180 g/mol. The van der Waals surface area contributed by atoms with Crippen LogP contribution in [-0.4, -0.2) is 12.1 Å². The van der Waals surface area contributed by atoms with Gasteiger partial charge in [0, 0.05) is 0 Å². The van der Waals surface area contributed by atoms with Crippen molar-refractivity contribution >= 4 is 5.97 Å². The summed E-state index contributed by atoms with van der Waals surface area (Å²) in [4.78, 5) is 11.3. The number of hydrogen-bond donors (Lipinski definition) is 0. The first-order chi connectivity index (χ1) is 6.25. The first kappa shape index (κ1) is 8.35. The summed E-state index contributed by atoms with van der Waals surface area (Å²) in [5.74, 6) is 0.711. The maximum absolute atomic E-state index is 11.3. The van der Waals surface area contributed by atoms with E-state index in [4.69, 9.17) is 9.15 Å². The lowest BCUT2D eigenvalue weighted by atomic mass is 9.96. The summed E-state index contributed by atoms with van der Waals surface area (Å²) in [7, 11) is 0. The molecule has 1 fully saturated rings. The van der Waals surface area contributed by atoms with Gasteiger partial charge in [0.2, 0.25) is 5.76 Å². The maximum Gasteiger partial charge on any atom is 0.374 e. The third-order valence-corrected chi connectivity index (χ3v) is 2.27. The van der Waals surface area contributed by atoms with Crippen molar-refractivity contribution in [3.63, 3.8) is 0 Å². The first-order valence-electron chi connectivity index (χ1n) is 4.53. The predicted molar refractivity (Wildman–Crippen MR) is 46.5 cm³/mol. The number of esters is 1. The van der Waals surface area contributed by atoms with Crippen LogP contribution in [0.15, 0.2) is 16.5 Å². The van der Waals surface area contributed by atoms with Gasteiger partial charge in [0.15, 0.2) is 0 Å². The second-order valence-electron chi connectivity index (χ2n) is 3.37. The highest BCUT2D eigenvalue weighted by atomic mass is 16.6. The molecule has 0 spiro atoms. The second kappa shape index (κ2) is 3.24. The Hall–Kier alpha value is -1.25. The van der Waals surface area contributed by atoms with Gasteiger partial charge in [-0.05, 0) is 38.3 Å². The zero-order chi connectivity index (χ0) is 9.26. The fourth-order valence-corrected chi connectivity index (χ4v) is 1.24. The summed E-state index contributed by atoms with van der Waals surface area (Å²) in [6.07, 6.45) is 3.27. The average Bonchev–Trinajstić information content (AvgIpc) is 2.44. The molecular formula is C10H12O3. The highest BCUT2D eigenvalue weighted by molar-refractivity contribution is 5.86. The van der Waals surface area contributed by atoms with Gasteiger partial charge in [-0.3, -0.25) is 0 Å². The molecule has 1 heterocycles. The molecule has 0 amide bonds. The summed E-state index contributed by atoms with van der Waals surface area (Å²) in [6, 6.07) is 3.41. The summed E-state index contributed by atoms with van der Waals surface area (Å²) in [5.41, 5.74) is 0. The molecule has 2 rings (SSSR count). The zero-order valence-electron chi connectivity index (χ0n) is 7.58. The van der Waals surface area contributed by atoms with Gasteiger partial charge in [0.05, 0.1) is 0 Å². The SMILES string of the molecule is Cc1ccc(C(=O)OC2CCC2)o1. The van der Waals surface area contributed by atoms with E-state index < -0.39 is 0 Å². The minimum absolute atomic E-state index is 0.123. The van der Waals surface area contributed by atoms with Crippen LogP contribution in [0.5, 0.6) is 0 Å². The van der Waals surface area contributed by atoms with Crippen LogP contribution >= 0.6 is 0 Å². The predicted octanol–water partition coefficient (Wildman–Crippen LogP) is 2.30. The van der Waals surface area contributed by atoms with Crippen LogP contribution in [0.3, 0.4) is 0 Å². The maximum atomic E-state index is 11.3. The minimum Gasteiger partial charge on any atom is -0.457 e. The van der Waals surface area contributed by atoms with E-state index in [0.29, 0.717) is 5.76 Å². The van der Waals surface area contributed by atoms with Crippen molar-refractivity contribution in [1.29, 1.82) is 0 Å². The normalized spacial score (nSPS) is 16.7. The van der Waals surface area contributed by atoms with Crippen LogP contribution in [0, 0.1) is 6.92 Å². The largest absolute Gasteiger partial charge is 0.457 e. The van der Waals surface area contributed by atoms with E-state index in [1.807, 2.05) is 0 Å². The van der Waals surface area contributed by atoms with Gasteiger partial charge in [-0.15, -0.1) is 0 Å². The van der Waals surface area contributed by atoms with Crippen molar-refractivity contribution in [2.75, 3.05) is 0 Å². The first-order valence-corrected chi connectivity index (χ1v) is 4.53. The van der Waals surface area contributed by atoms with E-state index >= 15 is 0 Å². The van der Waals surface area contributed by atoms with Crippen molar-refractivity contribution in [1.82, 2.24) is 0 Å². The van der Waals surface area contributed by atoms with Gasteiger partial charge in [-0.1, -0.05) is 0 Å². The Morgan fingerprint density at radius 1 is 1.54 bits per heavy atom. The molecule has 0 bridgehead atoms. The van der Waals surface area contributed by atoms with Crippen LogP contribution in [-0.2, 0) is 4.74 Å². The molecule has 1 aliphatic carbocycles. The molecular weight excluding hydrogens is 168 g/mol. The lowest BCUT2D eigenvalue weighted by Crippen LogP contribution is -2.24. The number of carbonyl (C=O) groups is 1. The number of ether oxygens (including phenoxy) is 1. The Kier molecular flexibility index (Phi) is 2.08. The monoisotopic (exact) mass is 180 g/mol. The zero-order valence-corrected chi connectivity index (χ0v) is 7.58. The highest BCUT2D eigenvalue weighted by Crippen LogP contribution is 2.23. The van der Waals surface area contributed by atoms with Crippen molar-refractivity contribution in [3.05, 3.63) is 23.7 Å². The molecule has 70 valence electrons. The molecule has 3 heteroatoms. The number of hydrogen-bond acceptors (Lipinski definition) is 3. The molecule has 1 aromatic heterocycles. The Labute approximate surface area is 76.7 Å². The number of furan rings is 1. The van der Waals surface area contributed by atoms with Crippen LogP contribution in [0.2, 0.25) is 0 Å². The molecule has 13 heavy (non-hydrogen) atoms. The van der Waals surface area contributed by atoms with E-state index in [0.717, 1.165) is 25.0 Å². The Morgan fingerprint density at radius 2 is 2.31 bits per heavy atom. The van der Waals surface area contributed by atoms with E-state index in [9.17, 15) is 4.79 Å². The Bertz CT molecular complexity index is 310. The molecule has 0 unspecified atom stereocenters. The molecule has 1 saturated carbocycles. The fraction of sp³-hybridized carbons (Fsp3) is 0.500. The molecule has 0 atom stereocenters. The molecule has 1 aliphatic rings.